The van der Waals surface area contributed by atoms with E-state index in [-0.39, 0.29) is 30.0 Å². The zero-order valence-electron chi connectivity index (χ0n) is 19.2. The number of hydrogen-bond acceptors (Lipinski definition) is 6. The quantitative estimate of drug-likeness (QED) is 0.144. The van der Waals surface area contributed by atoms with Gasteiger partial charge in [0.2, 0.25) is 0 Å². The predicted molar refractivity (Wildman–Crippen MR) is 118 cm³/mol. The minimum Gasteiger partial charge on any atom is -0.493 e. The van der Waals surface area contributed by atoms with Crippen molar-refractivity contribution in [3.8, 4) is 11.5 Å². The van der Waals surface area contributed by atoms with Gasteiger partial charge in [0.05, 0.1) is 25.7 Å². The van der Waals surface area contributed by atoms with Gasteiger partial charge in [0.25, 0.3) is 0 Å². The number of hydrogen-bond donors (Lipinski definition) is 0. The van der Waals surface area contributed by atoms with Crippen LogP contribution in [0, 0.1) is 17.8 Å². The van der Waals surface area contributed by atoms with Gasteiger partial charge in [-0.05, 0) is 54.3 Å². The Labute approximate surface area is 184 Å². The number of azide groups is 1. The van der Waals surface area contributed by atoms with Crippen LogP contribution in [0.2, 0.25) is 0 Å². The maximum atomic E-state index is 11.8. The highest BCUT2D eigenvalue weighted by atomic mass is 16.6. The number of carbonyl (C=O) groups excluding carboxylic acids is 1. The Morgan fingerprint density at radius 2 is 2.03 bits per heavy atom. The van der Waals surface area contributed by atoms with Gasteiger partial charge in [-0.1, -0.05) is 32.0 Å². The highest BCUT2D eigenvalue weighted by Gasteiger charge is 2.37. The molecular weight excluding hydrogens is 398 g/mol. The summed E-state index contributed by atoms with van der Waals surface area (Å²) in [5.41, 5.74) is 10.2. The van der Waals surface area contributed by atoms with E-state index in [0.29, 0.717) is 43.5 Å². The van der Waals surface area contributed by atoms with Gasteiger partial charge >= 0.3 is 5.97 Å². The molecule has 0 spiro atoms. The summed E-state index contributed by atoms with van der Waals surface area (Å²) in [4.78, 5) is 14.9. The Morgan fingerprint density at radius 3 is 2.61 bits per heavy atom. The third-order valence-electron chi connectivity index (χ3n) is 5.85. The van der Waals surface area contributed by atoms with Crippen LogP contribution in [0.1, 0.15) is 45.6 Å². The lowest BCUT2D eigenvalue weighted by atomic mass is 9.82. The van der Waals surface area contributed by atoms with Crippen molar-refractivity contribution in [2.75, 3.05) is 27.4 Å². The summed E-state index contributed by atoms with van der Waals surface area (Å²) in [6.45, 7) is 7.36. The van der Waals surface area contributed by atoms with E-state index in [4.69, 9.17) is 24.5 Å². The monoisotopic (exact) mass is 433 g/mol. The van der Waals surface area contributed by atoms with Gasteiger partial charge in [0.15, 0.2) is 11.5 Å². The summed E-state index contributed by atoms with van der Waals surface area (Å²) in [7, 11) is 3.30. The Hall–Kier alpha value is -2.44. The van der Waals surface area contributed by atoms with Crippen molar-refractivity contribution in [1.82, 2.24) is 0 Å². The average molecular weight is 434 g/mol. The van der Waals surface area contributed by atoms with Crippen LogP contribution in [0.25, 0.3) is 10.4 Å². The molecule has 1 saturated heterocycles. The number of carbonyl (C=O) groups is 1. The summed E-state index contributed by atoms with van der Waals surface area (Å²) < 4.78 is 21.9. The molecule has 1 heterocycles. The van der Waals surface area contributed by atoms with Crippen LogP contribution < -0.4 is 9.47 Å². The molecule has 1 aliphatic rings. The molecule has 0 aliphatic carbocycles. The van der Waals surface area contributed by atoms with Gasteiger partial charge in [-0.25, -0.2) is 0 Å². The van der Waals surface area contributed by atoms with Gasteiger partial charge in [-0.3, -0.25) is 4.79 Å². The molecule has 1 fully saturated rings. The maximum absolute atomic E-state index is 11.8. The van der Waals surface area contributed by atoms with Gasteiger partial charge in [-0.15, -0.1) is 0 Å². The predicted octanol–water partition coefficient (Wildman–Crippen LogP) is 4.95. The van der Waals surface area contributed by atoms with Crippen LogP contribution >= 0.6 is 0 Å². The first-order valence-corrected chi connectivity index (χ1v) is 10.9. The lowest BCUT2D eigenvalue weighted by Gasteiger charge is -2.27. The first-order chi connectivity index (χ1) is 14.9. The number of nitrogens with zero attached hydrogens (tertiary/aromatic N) is 3. The minimum absolute atomic E-state index is 0.154. The standard InChI is InChI=1S/C23H35N3O5/c1-15(2)18(14-19(25-26-24)21-11-16(3)23(27)31-21)12-17-7-8-20(29-5)22(13-17)30-10-6-9-28-4/h7-8,13,15-16,18-19,21H,6,9-12,14H2,1-5H3/t16-,18+,19+,21+/m1/s1. The zero-order valence-corrected chi connectivity index (χ0v) is 19.2. The molecule has 0 radical (unpaired) electrons. The van der Waals surface area contributed by atoms with E-state index in [2.05, 4.69) is 23.9 Å². The van der Waals surface area contributed by atoms with Gasteiger partial charge in [-0.2, -0.15) is 0 Å². The number of rotatable bonds is 13. The summed E-state index contributed by atoms with van der Waals surface area (Å²) in [6, 6.07) is 5.61. The first-order valence-electron chi connectivity index (χ1n) is 10.9. The minimum atomic E-state index is -0.366. The summed E-state index contributed by atoms with van der Waals surface area (Å²) in [5.74, 6) is 1.65. The second kappa shape index (κ2) is 12.4. The number of methoxy groups -OCH3 is 2. The molecule has 0 unspecified atom stereocenters. The van der Waals surface area contributed by atoms with Crippen LogP contribution in [0.15, 0.2) is 23.3 Å². The van der Waals surface area contributed by atoms with E-state index in [1.54, 1.807) is 14.2 Å². The van der Waals surface area contributed by atoms with Crippen molar-refractivity contribution >= 4 is 5.97 Å². The third kappa shape index (κ3) is 7.33. The second-order valence-electron chi connectivity index (χ2n) is 8.51. The third-order valence-corrected chi connectivity index (χ3v) is 5.85. The number of ether oxygens (including phenoxy) is 4. The van der Waals surface area contributed by atoms with Crippen molar-refractivity contribution in [3.63, 3.8) is 0 Å². The molecule has 31 heavy (non-hydrogen) atoms. The van der Waals surface area contributed by atoms with E-state index in [1.807, 2.05) is 25.1 Å². The molecule has 1 aromatic carbocycles. The van der Waals surface area contributed by atoms with Crippen LogP contribution in [0.5, 0.6) is 11.5 Å². The van der Waals surface area contributed by atoms with Gasteiger partial charge in [0, 0.05) is 25.0 Å². The molecule has 0 N–H and O–H groups in total. The Kier molecular flexibility index (Phi) is 9.95. The van der Waals surface area contributed by atoms with Crippen LogP contribution in [0.3, 0.4) is 0 Å². The van der Waals surface area contributed by atoms with E-state index in [9.17, 15) is 4.79 Å². The van der Waals surface area contributed by atoms with E-state index < -0.39 is 0 Å². The normalized spacial score (nSPS) is 20.1. The summed E-state index contributed by atoms with van der Waals surface area (Å²) in [5, 5.41) is 3.99. The molecular formula is C23H35N3O5. The molecule has 0 amide bonds. The fourth-order valence-electron chi connectivity index (χ4n) is 3.88. The maximum Gasteiger partial charge on any atom is 0.309 e. The van der Waals surface area contributed by atoms with Crippen molar-refractivity contribution < 1.29 is 23.7 Å². The lowest BCUT2D eigenvalue weighted by Crippen LogP contribution is -2.29. The van der Waals surface area contributed by atoms with Crippen LogP contribution in [0.4, 0.5) is 0 Å². The highest BCUT2D eigenvalue weighted by molar-refractivity contribution is 5.74. The molecule has 1 aliphatic heterocycles. The number of esters is 1. The smallest absolute Gasteiger partial charge is 0.309 e. The largest absolute Gasteiger partial charge is 0.493 e. The van der Waals surface area contributed by atoms with Gasteiger partial charge in [0.1, 0.15) is 6.10 Å². The van der Waals surface area contributed by atoms with E-state index in [1.165, 1.54) is 0 Å². The Balaban J connectivity index is 2.12. The molecule has 2 rings (SSSR count). The SMILES string of the molecule is COCCCOc1cc(C[C@@H](C[C@H](N=[N+]=[N-])[C@@H]2C[C@@H](C)C(=O)O2)C(C)C)ccc1OC. The second-order valence-corrected chi connectivity index (χ2v) is 8.51. The Bertz CT molecular complexity index is 764. The molecule has 4 atom stereocenters. The fraction of sp³-hybridized carbons (Fsp3) is 0.696. The van der Waals surface area contributed by atoms with E-state index >= 15 is 0 Å². The molecule has 0 saturated carbocycles. The van der Waals surface area contributed by atoms with Crippen LogP contribution in [-0.4, -0.2) is 45.5 Å². The van der Waals surface area contributed by atoms with Crippen molar-refractivity contribution in [1.29, 1.82) is 0 Å². The summed E-state index contributed by atoms with van der Waals surface area (Å²) >= 11 is 0. The summed E-state index contributed by atoms with van der Waals surface area (Å²) in [6.07, 6.45) is 2.49. The molecule has 8 nitrogen and oxygen atoms in total. The highest BCUT2D eigenvalue weighted by Crippen LogP contribution is 2.33. The number of benzene rings is 1. The average Bonchev–Trinajstić information content (AvgIpc) is 3.08. The molecule has 1 aromatic rings. The first kappa shape index (κ1) is 24.8. The topological polar surface area (TPSA) is 103 Å². The molecule has 0 bridgehead atoms. The number of cyclic esters (lactones) is 1. The lowest BCUT2D eigenvalue weighted by molar-refractivity contribution is -0.144. The van der Waals surface area contributed by atoms with Crippen molar-refractivity contribution in [2.24, 2.45) is 22.9 Å². The van der Waals surface area contributed by atoms with Gasteiger partial charge < -0.3 is 18.9 Å². The van der Waals surface area contributed by atoms with Crippen molar-refractivity contribution in [3.05, 3.63) is 34.2 Å². The Morgan fingerprint density at radius 1 is 1.26 bits per heavy atom. The fourth-order valence-corrected chi connectivity index (χ4v) is 3.88. The molecule has 0 aromatic heterocycles. The molecule has 172 valence electrons. The zero-order chi connectivity index (χ0) is 22.8. The molecule has 8 heteroatoms. The van der Waals surface area contributed by atoms with E-state index in [0.717, 1.165) is 18.4 Å². The van der Waals surface area contributed by atoms with Crippen molar-refractivity contribution in [2.45, 2.75) is 58.6 Å². The van der Waals surface area contributed by atoms with Crippen LogP contribution in [-0.2, 0) is 20.7 Å².